The lowest BCUT2D eigenvalue weighted by atomic mass is 10.3. The molecule has 26 heavy (non-hydrogen) atoms. The Kier molecular flexibility index (Phi) is 5.76. The number of benzene rings is 2. The number of nitrogen functional groups attached to an aromatic ring is 1. The Labute approximate surface area is 161 Å². The first kappa shape index (κ1) is 18.6. The van der Waals surface area contributed by atoms with Gasteiger partial charge in [-0.1, -0.05) is 23.2 Å². The molecule has 1 fully saturated rings. The van der Waals surface area contributed by atoms with Crippen LogP contribution in [0.3, 0.4) is 0 Å². The predicted octanol–water partition coefficient (Wildman–Crippen LogP) is 3.26. The number of nitrogens with zero attached hydrogens (tertiary/aromatic N) is 2. The molecule has 8 heteroatoms. The van der Waals surface area contributed by atoms with Crippen molar-refractivity contribution in [3.05, 3.63) is 52.5 Å². The number of nitrogens with two attached hydrogens (primary N) is 1. The number of aliphatic hydroxyl groups excluding tert-OH is 1. The molecule has 6 nitrogen and oxygen atoms in total. The van der Waals surface area contributed by atoms with Crippen LogP contribution in [0.1, 0.15) is 0 Å². The van der Waals surface area contributed by atoms with Crippen LogP contribution in [0.25, 0.3) is 0 Å². The topological polar surface area (TPSA) is 79.0 Å². The number of carbonyl (C=O) groups excluding carboxylic acids is 1. The molecule has 2 aromatic carbocycles. The van der Waals surface area contributed by atoms with Gasteiger partial charge in [-0.3, -0.25) is 4.90 Å². The van der Waals surface area contributed by atoms with Gasteiger partial charge in [0.15, 0.2) is 0 Å². The molecule has 0 aromatic heterocycles. The smallest absolute Gasteiger partial charge is 0.324 e. The monoisotopic (exact) mass is 395 g/mol. The van der Waals surface area contributed by atoms with Crippen LogP contribution in [0.15, 0.2) is 42.5 Å². The summed E-state index contributed by atoms with van der Waals surface area (Å²) in [4.78, 5) is 15.7. The molecule has 1 heterocycles. The zero-order valence-corrected chi connectivity index (χ0v) is 15.5. The van der Waals surface area contributed by atoms with Gasteiger partial charge in [-0.2, -0.15) is 0 Å². The molecule has 0 bridgehead atoms. The van der Waals surface area contributed by atoms with Gasteiger partial charge in [0.05, 0.1) is 16.6 Å². The fourth-order valence-corrected chi connectivity index (χ4v) is 3.00. The number of amides is 2. The minimum Gasteiger partial charge on any atom is -0.491 e. The molecule has 0 aliphatic carbocycles. The fraction of sp³-hybridized carbons (Fsp3) is 0.278. The highest BCUT2D eigenvalue weighted by atomic mass is 35.5. The van der Waals surface area contributed by atoms with E-state index in [9.17, 15) is 9.90 Å². The molecule has 1 aliphatic heterocycles. The van der Waals surface area contributed by atoms with Crippen LogP contribution in [0.4, 0.5) is 16.2 Å². The van der Waals surface area contributed by atoms with E-state index >= 15 is 0 Å². The normalized spacial score (nSPS) is 15.4. The van der Waals surface area contributed by atoms with Crippen LogP contribution >= 0.6 is 23.2 Å². The molecule has 2 amide bonds. The molecule has 0 unspecified atom stereocenters. The summed E-state index contributed by atoms with van der Waals surface area (Å²) in [5.74, 6) is 0.614. The summed E-state index contributed by atoms with van der Waals surface area (Å²) in [5, 5.41) is 11.0. The van der Waals surface area contributed by atoms with Gasteiger partial charge in [-0.05, 0) is 42.5 Å². The third-order valence-electron chi connectivity index (χ3n) is 4.06. The van der Waals surface area contributed by atoms with Crippen molar-refractivity contribution in [2.75, 3.05) is 36.9 Å². The Bertz CT molecular complexity index is 786. The minimum atomic E-state index is -0.801. The van der Waals surface area contributed by atoms with Gasteiger partial charge in [0.25, 0.3) is 0 Å². The van der Waals surface area contributed by atoms with Crippen molar-refractivity contribution in [3.8, 4) is 5.75 Å². The fourth-order valence-electron chi connectivity index (χ4n) is 2.71. The summed E-state index contributed by atoms with van der Waals surface area (Å²) >= 11 is 11.9. The van der Waals surface area contributed by atoms with Crippen LogP contribution in [0.2, 0.25) is 10.0 Å². The van der Waals surface area contributed by atoms with Crippen LogP contribution in [-0.4, -0.2) is 48.4 Å². The van der Waals surface area contributed by atoms with Crippen molar-refractivity contribution in [3.63, 3.8) is 0 Å². The van der Waals surface area contributed by atoms with E-state index in [-0.39, 0.29) is 19.2 Å². The van der Waals surface area contributed by atoms with E-state index in [4.69, 9.17) is 33.7 Å². The van der Waals surface area contributed by atoms with E-state index in [1.54, 1.807) is 52.3 Å². The van der Waals surface area contributed by atoms with Crippen molar-refractivity contribution in [1.82, 2.24) is 4.90 Å². The number of hydrogen-bond donors (Lipinski definition) is 2. The first-order chi connectivity index (χ1) is 12.4. The lowest BCUT2D eigenvalue weighted by Gasteiger charge is -2.21. The first-order valence-corrected chi connectivity index (χ1v) is 8.87. The number of hydrogen-bond acceptors (Lipinski definition) is 4. The molecule has 1 atom stereocenters. The molecule has 2 aromatic rings. The van der Waals surface area contributed by atoms with E-state index in [2.05, 4.69) is 0 Å². The molecule has 1 saturated heterocycles. The highest BCUT2D eigenvalue weighted by Gasteiger charge is 2.31. The van der Waals surface area contributed by atoms with Gasteiger partial charge >= 0.3 is 6.03 Å². The summed E-state index contributed by atoms with van der Waals surface area (Å²) < 4.78 is 5.52. The van der Waals surface area contributed by atoms with Crippen molar-refractivity contribution in [2.45, 2.75) is 6.10 Å². The van der Waals surface area contributed by atoms with Gasteiger partial charge in [-0.25, -0.2) is 4.79 Å². The minimum absolute atomic E-state index is 0.0838. The number of urea groups is 1. The molecular weight excluding hydrogens is 377 g/mol. The standard InChI is InChI=1S/C18H19Cl2N3O3/c19-16-6-3-13(9-17(16)20)23-8-7-22(18(23)25)10-14(24)11-26-15-4-1-12(21)2-5-15/h1-6,9,14,24H,7-8,10-11,21H2/t14-/m0/s1. The largest absolute Gasteiger partial charge is 0.491 e. The summed E-state index contributed by atoms with van der Waals surface area (Å²) in [7, 11) is 0. The maximum absolute atomic E-state index is 12.6. The Morgan fingerprint density at radius 3 is 2.54 bits per heavy atom. The lowest BCUT2D eigenvalue weighted by molar-refractivity contribution is 0.0829. The number of rotatable bonds is 6. The van der Waals surface area contributed by atoms with Gasteiger partial charge in [-0.15, -0.1) is 0 Å². The summed E-state index contributed by atoms with van der Waals surface area (Å²) in [6, 6.07) is 11.8. The highest BCUT2D eigenvalue weighted by Crippen LogP contribution is 2.29. The maximum Gasteiger partial charge on any atom is 0.324 e. The van der Waals surface area contributed by atoms with E-state index in [1.165, 1.54) is 0 Å². The molecular formula is C18H19Cl2N3O3. The van der Waals surface area contributed by atoms with Crippen LogP contribution < -0.4 is 15.4 Å². The van der Waals surface area contributed by atoms with Gasteiger partial charge < -0.3 is 20.5 Å². The van der Waals surface area contributed by atoms with Crippen molar-refractivity contribution in [1.29, 1.82) is 0 Å². The number of aliphatic hydroxyl groups is 1. The average Bonchev–Trinajstić information content (AvgIpc) is 2.97. The predicted molar refractivity (Wildman–Crippen MR) is 103 cm³/mol. The SMILES string of the molecule is Nc1ccc(OC[C@@H](O)CN2CCN(c3ccc(Cl)c(Cl)c3)C2=O)cc1. The lowest BCUT2D eigenvalue weighted by Crippen LogP contribution is -2.39. The number of carbonyl (C=O) groups is 1. The third-order valence-corrected chi connectivity index (χ3v) is 4.80. The Morgan fingerprint density at radius 2 is 1.85 bits per heavy atom. The Hall–Kier alpha value is -2.15. The quantitative estimate of drug-likeness (QED) is 0.735. The van der Waals surface area contributed by atoms with E-state index in [0.29, 0.717) is 40.3 Å². The Balaban J connectivity index is 1.54. The van der Waals surface area contributed by atoms with E-state index in [0.717, 1.165) is 0 Å². The second kappa shape index (κ2) is 8.03. The van der Waals surface area contributed by atoms with E-state index < -0.39 is 6.10 Å². The first-order valence-electron chi connectivity index (χ1n) is 8.12. The second-order valence-electron chi connectivity index (χ2n) is 6.01. The number of ether oxygens (including phenoxy) is 1. The van der Waals surface area contributed by atoms with Gasteiger partial charge in [0.1, 0.15) is 18.5 Å². The molecule has 0 spiro atoms. The van der Waals surface area contributed by atoms with Crippen LogP contribution in [-0.2, 0) is 0 Å². The summed E-state index contributed by atoms with van der Waals surface area (Å²) in [5.41, 5.74) is 6.94. The third kappa shape index (κ3) is 4.33. The molecule has 0 radical (unpaired) electrons. The van der Waals surface area contributed by atoms with Crippen molar-refractivity contribution >= 4 is 40.6 Å². The average molecular weight is 396 g/mol. The zero-order valence-electron chi connectivity index (χ0n) is 13.9. The summed E-state index contributed by atoms with van der Waals surface area (Å²) in [6.07, 6.45) is -0.801. The number of anilines is 2. The maximum atomic E-state index is 12.6. The van der Waals surface area contributed by atoms with Gasteiger partial charge in [0, 0.05) is 24.5 Å². The molecule has 1 aliphatic rings. The highest BCUT2D eigenvalue weighted by molar-refractivity contribution is 6.42. The molecule has 138 valence electrons. The van der Waals surface area contributed by atoms with Crippen LogP contribution in [0.5, 0.6) is 5.75 Å². The van der Waals surface area contributed by atoms with Crippen LogP contribution in [0, 0.1) is 0 Å². The number of β-amino-alcohol motifs (C(OH)–C–C–N with tert-alkyl or cyclic N) is 1. The van der Waals surface area contributed by atoms with E-state index in [1.807, 2.05) is 0 Å². The molecule has 0 saturated carbocycles. The second-order valence-corrected chi connectivity index (χ2v) is 6.83. The van der Waals surface area contributed by atoms with Crippen molar-refractivity contribution in [2.24, 2.45) is 0 Å². The Morgan fingerprint density at radius 1 is 1.12 bits per heavy atom. The molecule has 3 rings (SSSR count). The van der Waals surface area contributed by atoms with Crippen molar-refractivity contribution < 1.29 is 14.6 Å². The molecule has 3 N–H and O–H groups in total. The number of halogens is 2. The van der Waals surface area contributed by atoms with Gasteiger partial charge in [0.2, 0.25) is 0 Å². The zero-order chi connectivity index (χ0) is 18.7. The summed E-state index contributed by atoms with van der Waals surface area (Å²) in [6.45, 7) is 1.30.